The van der Waals surface area contributed by atoms with Crippen LogP contribution in [0, 0.1) is 17.3 Å². The molecule has 0 saturated carbocycles. The first kappa shape index (κ1) is 12.0. The van der Waals surface area contributed by atoms with Crippen LogP contribution in [0.25, 0.3) is 0 Å². The van der Waals surface area contributed by atoms with E-state index in [0.29, 0.717) is 11.8 Å². The molecule has 0 aromatic rings. The van der Waals surface area contributed by atoms with E-state index in [-0.39, 0.29) is 10.7 Å². The quantitative estimate of drug-likeness (QED) is 0.526. The van der Waals surface area contributed by atoms with Gasteiger partial charge in [-0.25, -0.2) is 0 Å². The van der Waals surface area contributed by atoms with E-state index >= 15 is 0 Å². The Morgan fingerprint density at radius 3 is 2.07 bits per heavy atom. The first-order chi connectivity index (χ1) is 6.14. The molecular weight excluding hydrogens is 189 g/mol. The first-order valence-electron chi connectivity index (χ1n) is 5.20. The molecule has 78 valence electrons. The predicted molar refractivity (Wildman–Crippen MR) is 66.8 cm³/mol. The lowest BCUT2D eigenvalue weighted by Crippen LogP contribution is -2.34. The highest BCUT2D eigenvalue weighted by atomic mass is 32.1. The van der Waals surface area contributed by atoms with Crippen molar-refractivity contribution in [3.63, 3.8) is 0 Å². The Labute approximate surface area is 94.4 Å². The average Bonchev–Trinajstić information content (AvgIpc) is 2.27. The van der Waals surface area contributed by atoms with Crippen molar-refractivity contribution in [2.75, 3.05) is 6.54 Å². The summed E-state index contributed by atoms with van der Waals surface area (Å²) in [6.45, 7) is 11.9. The highest BCUT2D eigenvalue weighted by Crippen LogP contribution is 2.46. The van der Waals surface area contributed by atoms with Crippen LogP contribution in [0.4, 0.5) is 0 Å². The molecule has 0 bridgehead atoms. The molecule has 1 nitrogen and oxygen atoms in total. The number of rotatable bonds is 1. The van der Waals surface area contributed by atoms with Gasteiger partial charge in [0.15, 0.2) is 0 Å². The molecule has 1 fully saturated rings. The van der Waals surface area contributed by atoms with Gasteiger partial charge >= 0.3 is 0 Å². The van der Waals surface area contributed by atoms with E-state index in [1.807, 2.05) is 0 Å². The van der Waals surface area contributed by atoms with Gasteiger partial charge in [-0.2, -0.15) is 0 Å². The van der Waals surface area contributed by atoms with Crippen molar-refractivity contribution in [3.8, 4) is 0 Å². The average molecular weight is 209 g/mol. The minimum atomic E-state index is -0.224. The summed E-state index contributed by atoms with van der Waals surface area (Å²) in [5, 5.41) is 3.06. The summed E-state index contributed by atoms with van der Waals surface area (Å²) in [7, 11) is 6.19. The number of hydrogen-bond acceptors (Lipinski definition) is 1. The van der Waals surface area contributed by atoms with Gasteiger partial charge in [0.25, 0.3) is 0 Å². The van der Waals surface area contributed by atoms with Gasteiger partial charge in [-0.1, -0.05) is 52.2 Å². The Balaban J connectivity index is 2.94. The Bertz CT molecular complexity index is 237. The summed E-state index contributed by atoms with van der Waals surface area (Å²) in [6, 6.07) is 0. The molecule has 0 amide bonds. The molecule has 0 aliphatic carbocycles. The molecule has 1 aliphatic rings. The third kappa shape index (κ3) is 2.30. The smallest absolute Gasteiger partial charge is 0.0786 e. The lowest BCUT2D eigenvalue weighted by Gasteiger charge is -2.38. The van der Waals surface area contributed by atoms with Crippen molar-refractivity contribution in [3.05, 3.63) is 0 Å². The topological polar surface area (TPSA) is 12.0 Å². The molecule has 2 atom stereocenters. The van der Waals surface area contributed by atoms with Crippen LogP contribution >= 0.6 is 12.2 Å². The molecule has 0 aromatic heterocycles. The van der Waals surface area contributed by atoms with E-state index in [4.69, 9.17) is 20.1 Å². The fourth-order valence-corrected chi connectivity index (χ4v) is 2.84. The summed E-state index contributed by atoms with van der Waals surface area (Å²) in [6.07, 6.45) is 0. The molecule has 1 rings (SSSR count). The second-order valence-corrected chi connectivity index (χ2v) is 6.46. The molecule has 1 saturated heterocycles. The van der Waals surface area contributed by atoms with E-state index in [9.17, 15) is 0 Å². The summed E-state index contributed by atoms with van der Waals surface area (Å²) in [4.78, 5) is 0.942. The van der Waals surface area contributed by atoms with Crippen LogP contribution in [0.15, 0.2) is 0 Å². The predicted octanol–water partition coefficient (Wildman–Crippen LogP) is 2.56. The summed E-state index contributed by atoms with van der Waals surface area (Å²) < 4.78 is 0. The first-order valence-corrected chi connectivity index (χ1v) is 5.61. The lowest BCUT2D eigenvalue weighted by molar-refractivity contribution is 0.195. The van der Waals surface area contributed by atoms with E-state index in [1.165, 1.54) is 0 Å². The van der Waals surface area contributed by atoms with Crippen LogP contribution in [-0.2, 0) is 0 Å². The second-order valence-electron chi connectivity index (χ2n) is 6.02. The van der Waals surface area contributed by atoms with Crippen molar-refractivity contribution in [2.45, 2.75) is 39.9 Å². The van der Waals surface area contributed by atoms with E-state index < -0.39 is 0 Å². The molecule has 2 unspecified atom stereocenters. The third-order valence-corrected chi connectivity index (χ3v) is 3.49. The number of hydrogen-bond donors (Lipinski definition) is 1. The van der Waals surface area contributed by atoms with Crippen molar-refractivity contribution in [2.24, 2.45) is 17.3 Å². The summed E-state index contributed by atoms with van der Waals surface area (Å²) in [5.41, 5.74) is 0.259. The van der Waals surface area contributed by atoms with Crippen LogP contribution < -0.4 is 5.32 Å². The second kappa shape index (κ2) is 3.51. The highest BCUT2D eigenvalue weighted by molar-refractivity contribution is 7.80. The molecule has 14 heavy (non-hydrogen) atoms. The van der Waals surface area contributed by atoms with Crippen molar-refractivity contribution in [1.29, 1.82) is 0 Å². The molecule has 3 heteroatoms. The van der Waals surface area contributed by atoms with Gasteiger partial charge in [-0.15, -0.1) is 0 Å². The Morgan fingerprint density at radius 1 is 1.29 bits per heavy atom. The van der Waals surface area contributed by atoms with Crippen molar-refractivity contribution >= 4 is 25.1 Å². The fraction of sp³-hybridized carbons (Fsp3) is 0.909. The van der Waals surface area contributed by atoms with Crippen LogP contribution in [-0.4, -0.2) is 19.4 Å². The maximum Gasteiger partial charge on any atom is 0.0786 e. The Morgan fingerprint density at radius 2 is 1.79 bits per heavy atom. The summed E-state index contributed by atoms with van der Waals surface area (Å²) in [5.74, 6) is 0.840. The van der Waals surface area contributed by atoms with Gasteiger partial charge in [0.2, 0.25) is 0 Å². The zero-order chi connectivity index (χ0) is 11.1. The van der Waals surface area contributed by atoms with Gasteiger partial charge in [0.05, 0.1) is 12.8 Å². The Hall–Kier alpha value is -0.0451. The minimum Gasteiger partial charge on any atom is -0.379 e. The van der Waals surface area contributed by atoms with Crippen LogP contribution in [0.2, 0.25) is 5.31 Å². The molecule has 1 N–H and O–H groups in total. The molecule has 2 radical (unpaired) electrons. The highest BCUT2D eigenvalue weighted by Gasteiger charge is 2.44. The van der Waals surface area contributed by atoms with E-state index in [2.05, 4.69) is 39.9 Å². The number of nitrogens with one attached hydrogen (secondary N) is 1. The van der Waals surface area contributed by atoms with Crippen molar-refractivity contribution < 1.29 is 0 Å². The van der Waals surface area contributed by atoms with Crippen LogP contribution in [0.5, 0.6) is 0 Å². The van der Waals surface area contributed by atoms with Gasteiger partial charge in [-0.05, 0) is 11.3 Å². The maximum atomic E-state index is 6.19. The van der Waals surface area contributed by atoms with Gasteiger partial charge in [0, 0.05) is 12.5 Å². The lowest BCUT2D eigenvalue weighted by atomic mass is 9.57. The standard InChI is InChI=1S/C11H20BNS/c1-10(2,3)7-6-13-9(14)8(7)11(4,5)12/h7-8H,6H2,1-5H3,(H,13,14). The molecule has 0 spiro atoms. The zero-order valence-corrected chi connectivity index (χ0v) is 10.7. The fourth-order valence-electron chi connectivity index (χ4n) is 2.28. The van der Waals surface area contributed by atoms with Gasteiger partial charge in [0.1, 0.15) is 0 Å². The van der Waals surface area contributed by atoms with Crippen molar-refractivity contribution in [1.82, 2.24) is 5.32 Å². The Kier molecular flexibility index (Phi) is 3.02. The molecule has 1 aliphatic heterocycles. The monoisotopic (exact) mass is 209 g/mol. The zero-order valence-electron chi connectivity index (χ0n) is 9.85. The summed E-state index contributed by atoms with van der Waals surface area (Å²) >= 11 is 5.34. The normalized spacial score (nSPS) is 29.1. The van der Waals surface area contributed by atoms with E-state index in [1.54, 1.807) is 0 Å². The van der Waals surface area contributed by atoms with Gasteiger partial charge in [-0.3, -0.25) is 0 Å². The molecule has 1 heterocycles. The van der Waals surface area contributed by atoms with Crippen LogP contribution in [0.3, 0.4) is 0 Å². The maximum absolute atomic E-state index is 6.19. The SMILES string of the molecule is [B]C(C)(C)C1C(=S)NCC1C(C)(C)C. The van der Waals surface area contributed by atoms with Gasteiger partial charge < -0.3 is 5.32 Å². The third-order valence-electron chi connectivity index (χ3n) is 3.09. The molecule has 0 aromatic carbocycles. The van der Waals surface area contributed by atoms with E-state index in [0.717, 1.165) is 11.5 Å². The molecular formula is C11H20BNS. The largest absolute Gasteiger partial charge is 0.379 e. The number of thiocarbonyl (C=S) groups is 1. The van der Waals surface area contributed by atoms with Crippen LogP contribution in [0.1, 0.15) is 34.6 Å². The minimum absolute atomic E-state index is 0.224.